The van der Waals surface area contributed by atoms with Crippen molar-refractivity contribution in [3.8, 4) is 0 Å². The van der Waals surface area contributed by atoms with Gasteiger partial charge in [-0.15, -0.1) is 0 Å². The summed E-state index contributed by atoms with van der Waals surface area (Å²) < 4.78 is 5.47. The summed E-state index contributed by atoms with van der Waals surface area (Å²) in [5.74, 6) is -0.0869. The first-order valence-corrected chi connectivity index (χ1v) is 27.8. The Morgan fingerprint density at radius 2 is 0.794 bits per heavy atom. The molecule has 63 heavy (non-hydrogen) atoms. The third kappa shape index (κ3) is 49.4. The van der Waals surface area contributed by atoms with Gasteiger partial charge in [-0.05, 0) is 64.2 Å². The quantitative estimate of drug-likeness (QED) is 0.0321. The van der Waals surface area contributed by atoms with E-state index in [4.69, 9.17) is 4.74 Å². The molecule has 0 aliphatic carbocycles. The number of rotatable bonds is 51. The average molecular weight is 886 g/mol. The van der Waals surface area contributed by atoms with Gasteiger partial charge in [-0.1, -0.05) is 249 Å². The van der Waals surface area contributed by atoms with Crippen LogP contribution in [0.2, 0.25) is 0 Å². The molecule has 3 N–H and O–H groups in total. The Morgan fingerprint density at radius 1 is 0.444 bits per heavy atom. The monoisotopic (exact) mass is 886 g/mol. The van der Waals surface area contributed by atoms with Crippen LogP contribution >= 0.6 is 0 Å². The Labute approximate surface area is 392 Å². The maximum absolute atomic E-state index is 12.4. The van der Waals surface area contributed by atoms with Crippen molar-refractivity contribution in [2.24, 2.45) is 0 Å². The Morgan fingerprint density at radius 3 is 1.22 bits per heavy atom. The largest absolute Gasteiger partial charge is 0.466 e. The van der Waals surface area contributed by atoms with Gasteiger partial charge in [0.25, 0.3) is 0 Å². The minimum absolute atomic E-state index is 0.0116. The van der Waals surface area contributed by atoms with E-state index in [9.17, 15) is 19.8 Å². The van der Waals surface area contributed by atoms with Crippen molar-refractivity contribution in [3.63, 3.8) is 0 Å². The molecule has 0 aliphatic heterocycles. The Kier molecular flexibility index (Phi) is 51.1. The van der Waals surface area contributed by atoms with Gasteiger partial charge in [0.15, 0.2) is 0 Å². The molecule has 0 saturated heterocycles. The van der Waals surface area contributed by atoms with Crippen molar-refractivity contribution in [3.05, 3.63) is 36.5 Å². The number of carbonyl (C=O) groups excluding carboxylic acids is 2. The molecule has 0 rings (SSSR count). The zero-order chi connectivity index (χ0) is 45.8. The fourth-order valence-corrected chi connectivity index (χ4v) is 8.37. The predicted octanol–water partition coefficient (Wildman–Crippen LogP) is 16.9. The van der Waals surface area contributed by atoms with E-state index in [1.54, 1.807) is 6.08 Å². The molecule has 6 nitrogen and oxygen atoms in total. The summed E-state index contributed by atoms with van der Waals surface area (Å²) >= 11 is 0. The highest BCUT2D eigenvalue weighted by Gasteiger charge is 2.18. The van der Waals surface area contributed by atoms with Crippen molar-refractivity contribution in [1.82, 2.24) is 5.32 Å². The van der Waals surface area contributed by atoms with Gasteiger partial charge >= 0.3 is 5.97 Å². The minimum atomic E-state index is -0.849. The van der Waals surface area contributed by atoms with Crippen molar-refractivity contribution < 1.29 is 24.5 Å². The van der Waals surface area contributed by atoms with Crippen LogP contribution in [0.4, 0.5) is 0 Å². The van der Waals surface area contributed by atoms with Crippen LogP contribution < -0.4 is 5.32 Å². The molecule has 0 fully saturated rings. The van der Waals surface area contributed by atoms with Crippen molar-refractivity contribution in [2.75, 3.05) is 13.2 Å². The summed E-state index contributed by atoms with van der Waals surface area (Å²) in [5, 5.41) is 23.1. The van der Waals surface area contributed by atoms with Gasteiger partial charge < -0.3 is 20.3 Å². The number of ether oxygens (including phenoxy) is 1. The van der Waals surface area contributed by atoms with E-state index in [2.05, 4.69) is 43.5 Å². The first-order valence-electron chi connectivity index (χ1n) is 27.8. The molecule has 0 spiro atoms. The minimum Gasteiger partial charge on any atom is -0.466 e. The van der Waals surface area contributed by atoms with Gasteiger partial charge in [0, 0.05) is 12.8 Å². The van der Waals surface area contributed by atoms with Gasteiger partial charge in [-0.2, -0.15) is 0 Å². The predicted molar refractivity (Wildman–Crippen MR) is 273 cm³/mol. The lowest BCUT2D eigenvalue weighted by atomic mass is 10.0. The van der Waals surface area contributed by atoms with Crippen LogP contribution in [0.5, 0.6) is 0 Å². The van der Waals surface area contributed by atoms with Gasteiger partial charge in [0.05, 0.1) is 25.4 Å². The zero-order valence-corrected chi connectivity index (χ0v) is 42.1. The summed E-state index contributed by atoms with van der Waals surface area (Å²) in [4.78, 5) is 24.5. The van der Waals surface area contributed by atoms with E-state index in [-0.39, 0.29) is 18.5 Å². The topological polar surface area (TPSA) is 95.9 Å². The lowest BCUT2D eigenvalue weighted by Crippen LogP contribution is -2.45. The van der Waals surface area contributed by atoms with Gasteiger partial charge in [-0.3, -0.25) is 9.59 Å². The fraction of sp³-hybridized carbons (Fsp3) is 0.860. The SMILES string of the molecule is CCCCCC/C=C\C/C=C\CCCCCCCC(=O)OCCCCCCCCCCCCCCCCCCC(=O)NC(CO)C(O)/C=C/CCCCCCCCCCCCCC. The van der Waals surface area contributed by atoms with Crippen LogP contribution in [0.1, 0.15) is 290 Å². The third-order valence-electron chi connectivity index (χ3n) is 12.7. The number of allylic oxidation sites excluding steroid dienone is 5. The Balaban J connectivity index is 3.46. The summed E-state index contributed by atoms with van der Waals surface area (Å²) in [7, 11) is 0. The maximum Gasteiger partial charge on any atom is 0.305 e. The summed E-state index contributed by atoms with van der Waals surface area (Å²) in [6.45, 7) is 4.86. The molecular weight excluding hydrogens is 779 g/mol. The second-order valence-corrected chi connectivity index (χ2v) is 18.9. The first-order chi connectivity index (χ1) is 31.0. The first kappa shape index (κ1) is 61.1. The molecule has 2 atom stereocenters. The lowest BCUT2D eigenvalue weighted by Gasteiger charge is -2.20. The molecule has 6 heteroatoms. The summed E-state index contributed by atoms with van der Waals surface area (Å²) in [5.41, 5.74) is 0. The van der Waals surface area contributed by atoms with Crippen LogP contribution in [0.3, 0.4) is 0 Å². The molecule has 0 aromatic rings. The summed E-state index contributed by atoms with van der Waals surface area (Å²) in [6, 6.07) is -0.633. The number of hydrogen-bond acceptors (Lipinski definition) is 5. The number of aliphatic hydroxyl groups excluding tert-OH is 2. The highest BCUT2D eigenvalue weighted by atomic mass is 16.5. The van der Waals surface area contributed by atoms with Gasteiger partial charge in [0.1, 0.15) is 0 Å². The van der Waals surface area contributed by atoms with Gasteiger partial charge in [0.2, 0.25) is 5.91 Å². The molecule has 0 bridgehead atoms. The lowest BCUT2D eigenvalue weighted by molar-refractivity contribution is -0.143. The van der Waals surface area contributed by atoms with Crippen LogP contribution in [-0.4, -0.2) is 47.4 Å². The normalized spacial score (nSPS) is 12.9. The van der Waals surface area contributed by atoms with Crippen molar-refractivity contribution in [1.29, 1.82) is 0 Å². The van der Waals surface area contributed by atoms with E-state index >= 15 is 0 Å². The molecule has 0 radical (unpaired) electrons. The third-order valence-corrected chi connectivity index (χ3v) is 12.7. The maximum atomic E-state index is 12.4. The van der Waals surface area contributed by atoms with Crippen LogP contribution in [0.15, 0.2) is 36.5 Å². The van der Waals surface area contributed by atoms with Crippen LogP contribution in [-0.2, 0) is 14.3 Å². The second-order valence-electron chi connectivity index (χ2n) is 18.9. The fourth-order valence-electron chi connectivity index (χ4n) is 8.37. The van der Waals surface area contributed by atoms with E-state index in [1.807, 2.05) is 6.08 Å². The molecule has 0 aromatic heterocycles. The molecule has 0 heterocycles. The smallest absolute Gasteiger partial charge is 0.305 e. The number of nitrogens with one attached hydrogen (secondary N) is 1. The number of amides is 1. The van der Waals surface area contributed by atoms with Crippen molar-refractivity contribution in [2.45, 2.75) is 302 Å². The molecule has 2 unspecified atom stereocenters. The van der Waals surface area contributed by atoms with E-state index in [0.717, 1.165) is 57.8 Å². The van der Waals surface area contributed by atoms with E-state index in [0.29, 0.717) is 19.4 Å². The number of carbonyl (C=O) groups is 2. The molecule has 0 saturated carbocycles. The zero-order valence-electron chi connectivity index (χ0n) is 42.1. The van der Waals surface area contributed by atoms with Crippen LogP contribution in [0, 0.1) is 0 Å². The van der Waals surface area contributed by atoms with E-state index in [1.165, 1.54) is 205 Å². The number of hydrogen-bond donors (Lipinski definition) is 3. The highest BCUT2D eigenvalue weighted by Crippen LogP contribution is 2.16. The number of unbranched alkanes of at least 4 members (excludes halogenated alkanes) is 36. The van der Waals surface area contributed by atoms with Crippen LogP contribution in [0.25, 0.3) is 0 Å². The number of esters is 1. The Bertz CT molecular complexity index is 1020. The average Bonchev–Trinajstić information content (AvgIpc) is 3.28. The second kappa shape index (κ2) is 52.7. The highest BCUT2D eigenvalue weighted by molar-refractivity contribution is 5.76. The number of aliphatic hydroxyl groups is 2. The molecule has 1 amide bonds. The molecule has 0 aromatic carbocycles. The standard InChI is InChI=1S/C57H107NO5/c1-3-5-7-9-11-13-15-17-19-23-27-31-35-39-43-47-51-57(62)63-52-48-44-40-36-32-28-24-21-20-22-26-30-34-38-42-46-50-56(61)58-54(53-59)55(60)49-45-41-37-33-29-25-18-16-14-12-10-8-6-4-2/h13,15,19,23,45,49,54-55,59-60H,3-12,14,16-18,20-22,24-44,46-48,50-53H2,1-2H3,(H,58,61)/b15-13-,23-19-,49-45+. The van der Waals surface area contributed by atoms with E-state index < -0.39 is 12.1 Å². The molecule has 0 aliphatic rings. The summed E-state index contributed by atoms with van der Waals surface area (Å²) in [6.07, 6.45) is 64.3. The van der Waals surface area contributed by atoms with Crippen molar-refractivity contribution >= 4 is 11.9 Å². The molecule has 370 valence electrons. The molecular formula is C57H107NO5. The van der Waals surface area contributed by atoms with Gasteiger partial charge in [-0.25, -0.2) is 0 Å². The Hall–Kier alpha value is -1.92.